The van der Waals surface area contributed by atoms with Crippen LogP contribution < -0.4 is 0 Å². The molecular formula is C41H26N4. The smallest absolute Gasteiger partial charge is 0.0899 e. The van der Waals surface area contributed by atoms with Crippen molar-refractivity contribution >= 4 is 43.4 Å². The van der Waals surface area contributed by atoms with E-state index in [1.165, 1.54) is 32.3 Å². The van der Waals surface area contributed by atoms with E-state index in [1.807, 2.05) is 36.8 Å². The van der Waals surface area contributed by atoms with E-state index in [0.717, 1.165) is 50.5 Å². The number of hydrogen-bond acceptors (Lipinski definition) is 3. The minimum atomic E-state index is 0.847. The summed E-state index contributed by atoms with van der Waals surface area (Å²) in [5.41, 5.74) is 9.23. The summed E-state index contributed by atoms with van der Waals surface area (Å²) < 4.78 is 2.28. The van der Waals surface area contributed by atoms with E-state index < -0.39 is 0 Å². The predicted octanol–water partition coefficient (Wildman–Crippen LogP) is 10.3. The maximum Gasteiger partial charge on any atom is 0.0899 e. The third kappa shape index (κ3) is 4.27. The molecule has 4 heteroatoms. The highest BCUT2D eigenvalue weighted by Gasteiger charge is 2.14. The first kappa shape index (κ1) is 25.4. The fraction of sp³-hybridized carbons (Fsp3) is 0. The molecule has 0 aliphatic rings. The van der Waals surface area contributed by atoms with Gasteiger partial charge in [-0.25, -0.2) is 4.98 Å². The van der Waals surface area contributed by atoms with Crippen molar-refractivity contribution in [2.45, 2.75) is 0 Å². The van der Waals surface area contributed by atoms with Crippen molar-refractivity contribution in [3.8, 4) is 39.5 Å². The first-order valence-electron chi connectivity index (χ1n) is 15.1. The van der Waals surface area contributed by atoms with Crippen molar-refractivity contribution in [3.63, 3.8) is 0 Å². The number of rotatable bonds is 4. The lowest BCUT2D eigenvalue weighted by molar-refractivity contribution is 1.16. The lowest BCUT2D eigenvalue weighted by atomic mass is 9.96. The molecule has 0 aliphatic carbocycles. The SMILES string of the molecule is c1ccc(-c2cc(-c3ccc4c(ccc5ccccc54)c3)cc(-c3ccc(-n4c5ccccc5c5ccncc54)cc3)n2)nc1. The number of fused-ring (bicyclic) bond motifs is 6. The minimum Gasteiger partial charge on any atom is -0.308 e. The van der Waals surface area contributed by atoms with E-state index in [4.69, 9.17) is 4.98 Å². The second-order valence-electron chi connectivity index (χ2n) is 11.4. The summed E-state index contributed by atoms with van der Waals surface area (Å²) in [6.07, 6.45) is 5.62. The van der Waals surface area contributed by atoms with Gasteiger partial charge in [0.15, 0.2) is 0 Å². The zero-order valence-corrected chi connectivity index (χ0v) is 24.3. The highest BCUT2D eigenvalue weighted by molar-refractivity contribution is 6.09. The van der Waals surface area contributed by atoms with Gasteiger partial charge < -0.3 is 4.57 Å². The largest absolute Gasteiger partial charge is 0.308 e. The summed E-state index contributed by atoms with van der Waals surface area (Å²) in [7, 11) is 0. The summed E-state index contributed by atoms with van der Waals surface area (Å²) >= 11 is 0. The van der Waals surface area contributed by atoms with Crippen LogP contribution in [0.4, 0.5) is 0 Å². The van der Waals surface area contributed by atoms with Crippen LogP contribution in [0.1, 0.15) is 0 Å². The number of hydrogen-bond donors (Lipinski definition) is 0. The van der Waals surface area contributed by atoms with Crippen LogP contribution in [0.3, 0.4) is 0 Å². The van der Waals surface area contributed by atoms with E-state index >= 15 is 0 Å². The standard InChI is InChI=1S/C41H26N4/c1-2-8-33-27(7-1)12-13-30-23-29(16-19-34(30)33)31-24-38(44-39(25-31)37-10-5-6-21-43-37)28-14-17-32(18-15-28)45-40-11-4-3-9-35(40)36-20-22-42-26-41(36)45/h1-26H. The molecule has 9 rings (SSSR count). The van der Waals surface area contributed by atoms with E-state index in [2.05, 4.69) is 136 Å². The van der Waals surface area contributed by atoms with Gasteiger partial charge >= 0.3 is 0 Å². The molecule has 5 aromatic carbocycles. The van der Waals surface area contributed by atoms with Crippen LogP contribution in [-0.2, 0) is 0 Å². The number of aromatic nitrogens is 4. The van der Waals surface area contributed by atoms with Crippen molar-refractivity contribution < 1.29 is 0 Å². The molecule has 0 amide bonds. The number of pyridine rings is 3. The van der Waals surface area contributed by atoms with Crippen LogP contribution in [0.25, 0.3) is 82.8 Å². The Morgan fingerprint density at radius 1 is 0.422 bits per heavy atom. The Kier molecular flexibility index (Phi) is 5.78. The van der Waals surface area contributed by atoms with Gasteiger partial charge in [0, 0.05) is 34.4 Å². The fourth-order valence-electron chi connectivity index (χ4n) is 6.56. The summed E-state index contributed by atoms with van der Waals surface area (Å²) in [5, 5.41) is 7.41. The van der Waals surface area contributed by atoms with Crippen molar-refractivity contribution in [2.75, 3.05) is 0 Å². The summed E-state index contributed by atoms with van der Waals surface area (Å²) in [4.78, 5) is 14.2. The monoisotopic (exact) mass is 574 g/mol. The quantitative estimate of drug-likeness (QED) is 0.196. The molecule has 0 saturated carbocycles. The van der Waals surface area contributed by atoms with E-state index in [-0.39, 0.29) is 0 Å². The molecule has 0 bridgehead atoms. The van der Waals surface area contributed by atoms with E-state index in [1.54, 1.807) is 0 Å². The van der Waals surface area contributed by atoms with Crippen molar-refractivity contribution in [1.29, 1.82) is 0 Å². The van der Waals surface area contributed by atoms with Crippen LogP contribution in [0.5, 0.6) is 0 Å². The highest BCUT2D eigenvalue weighted by Crippen LogP contribution is 2.35. The van der Waals surface area contributed by atoms with Crippen molar-refractivity contribution in [3.05, 3.63) is 158 Å². The van der Waals surface area contributed by atoms with Gasteiger partial charge in [0.2, 0.25) is 0 Å². The molecule has 0 N–H and O–H groups in total. The Balaban J connectivity index is 1.18. The molecule has 45 heavy (non-hydrogen) atoms. The first-order valence-corrected chi connectivity index (χ1v) is 15.1. The maximum atomic E-state index is 5.12. The van der Waals surface area contributed by atoms with E-state index in [0.29, 0.717) is 0 Å². The Bertz CT molecular complexity index is 2480. The van der Waals surface area contributed by atoms with Crippen LogP contribution in [0.15, 0.2) is 158 Å². The Hall–Kier alpha value is -6.13. The van der Waals surface area contributed by atoms with Gasteiger partial charge in [-0.15, -0.1) is 0 Å². The van der Waals surface area contributed by atoms with Gasteiger partial charge in [0.05, 0.1) is 34.3 Å². The van der Waals surface area contributed by atoms with Gasteiger partial charge in [-0.2, -0.15) is 0 Å². The zero-order chi connectivity index (χ0) is 29.7. The van der Waals surface area contributed by atoms with Crippen LogP contribution in [0, 0.1) is 0 Å². The van der Waals surface area contributed by atoms with Gasteiger partial charge in [-0.3, -0.25) is 9.97 Å². The van der Waals surface area contributed by atoms with Gasteiger partial charge in [-0.1, -0.05) is 84.9 Å². The molecule has 0 fully saturated rings. The van der Waals surface area contributed by atoms with Gasteiger partial charge in [0.1, 0.15) is 0 Å². The molecule has 9 aromatic rings. The topological polar surface area (TPSA) is 43.6 Å². The van der Waals surface area contributed by atoms with Crippen LogP contribution in [-0.4, -0.2) is 19.5 Å². The molecule has 0 spiro atoms. The molecule has 0 unspecified atom stereocenters. The summed E-state index contributed by atoms with van der Waals surface area (Å²) in [6, 6.07) is 49.3. The lowest BCUT2D eigenvalue weighted by Crippen LogP contribution is -1.95. The lowest BCUT2D eigenvalue weighted by Gasteiger charge is -2.12. The summed E-state index contributed by atoms with van der Waals surface area (Å²) in [6.45, 7) is 0. The molecule has 4 heterocycles. The minimum absolute atomic E-state index is 0.847. The molecule has 0 saturated heterocycles. The molecule has 4 aromatic heterocycles. The average Bonchev–Trinajstić information content (AvgIpc) is 3.46. The second-order valence-corrected chi connectivity index (χ2v) is 11.4. The molecule has 0 atom stereocenters. The molecule has 0 radical (unpaired) electrons. The Labute approximate surface area is 259 Å². The van der Waals surface area contributed by atoms with Crippen molar-refractivity contribution in [1.82, 2.24) is 19.5 Å². The van der Waals surface area contributed by atoms with Gasteiger partial charge in [-0.05, 0) is 87.3 Å². The number of nitrogens with zero attached hydrogens (tertiary/aromatic N) is 4. The molecule has 4 nitrogen and oxygen atoms in total. The Morgan fingerprint density at radius 2 is 1.16 bits per heavy atom. The highest BCUT2D eigenvalue weighted by atomic mass is 15.0. The second kappa shape index (κ2) is 10.2. The first-order chi connectivity index (χ1) is 22.3. The third-order valence-electron chi connectivity index (χ3n) is 8.73. The normalized spacial score (nSPS) is 11.6. The predicted molar refractivity (Wildman–Crippen MR) is 185 cm³/mol. The van der Waals surface area contributed by atoms with Crippen LogP contribution >= 0.6 is 0 Å². The molecule has 210 valence electrons. The van der Waals surface area contributed by atoms with E-state index in [9.17, 15) is 0 Å². The fourth-order valence-corrected chi connectivity index (χ4v) is 6.56. The average molecular weight is 575 g/mol. The van der Waals surface area contributed by atoms with Gasteiger partial charge in [0.25, 0.3) is 0 Å². The third-order valence-corrected chi connectivity index (χ3v) is 8.73. The number of para-hydroxylation sites is 1. The van der Waals surface area contributed by atoms with Crippen molar-refractivity contribution in [2.24, 2.45) is 0 Å². The zero-order valence-electron chi connectivity index (χ0n) is 24.3. The molecular weight excluding hydrogens is 548 g/mol. The summed E-state index contributed by atoms with van der Waals surface area (Å²) in [5.74, 6) is 0. The Morgan fingerprint density at radius 3 is 2.04 bits per heavy atom. The maximum absolute atomic E-state index is 5.12. The van der Waals surface area contributed by atoms with Crippen LogP contribution in [0.2, 0.25) is 0 Å². The number of benzene rings is 5. The molecule has 0 aliphatic heterocycles.